The van der Waals surface area contributed by atoms with Gasteiger partial charge in [0.2, 0.25) is 0 Å². The first kappa shape index (κ1) is 13.3. The van der Waals surface area contributed by atoms with Crippen molar-refractivity contribution in [2.24, 2.45) is 0 Å². The predicted molar refractivity (Wildman–Crippen MR) is 72.7 cm³/mol. The van der Waals surface area contributed by atoms with Crippen LogP contribution < -0.4 is 9.47 Å². The summed E-state index contributed by atoms with van der Waals surface area (Å²) in [6, 6.07) is 5.82. The standard InChI is InChI=1S/C14H18O3S/c1-16-11-5-8-13(17-2)14(9-11)18-12-6-3-10(15)4-7-12/h5,8-9,12H,3-4,6-7H2,1-2H3. The molecule has 0 radical (unpaired) electrons. The molecule has 18 heavy (non-hydrogen) atoms. The molecule has 0 unspecified atom stereocenters. The molecule has 1 fully saturated rings. The van der Waals surface area contributed by atoms with Crippen LogP contribution in [-0.4, -0.2) is 25.3 Å². The normalized spacial score (nSPS) is 16.7. The van der Waals surface area contributed by atoms with Gasteiger partial charge in [-0.05, 0) is 31.0 Å². The van der Waals surface area contributed by atoms with Gasteiger partial charge >= 0.3 is 0 Å². The number of Topliss-reactive ketones (excluding diaryl/α,β-unsaturated/α-hetero) is 1. The van der Waals surface area contributed by atoms with Crippen LogP contribution in [0.2, 0.25) is 0 Å². The molecular formula is C14H18O3S. The first-order valence-electron chi connectivity index (χ1n) is 6.13. The Morgan fingerprint density at radius 2 is 1.89 bits per heavy atom. The molecule has 0 N–H and O–H groups in total. The zero-order valence-corrected chi connectivity index (χ0v) is 11.6. The fourth-order valence-corrected chi connectivity index (χ4v) is 3.37. The van der Waals surface area contributed by atoms with E-state index >= 15 is 0 Å². The Morgan fingerprint density at radius 1 is 1.17 bits per heavy atom. The quantitative estimate of drug-likeness (QED) is 0.837. The van der Waals surface area contributed by atoms with Gasteiger partial charge < -0.3 is 9.47 Å². The zero-order valence-electron chi connectivity index (χ0n) is 10.8. The molecule has 0 aliphatic heterocycles. The number of ether oxygens (including phenoxy) is 2. The van der Waals surface area contributed by atoms with Gasteiger partial charge in [0, 0.05) is 18.1 Å². The fraction of sp³-hybridized carbons (Fsp3) is 0.500. The van der Waals surface area contributed by atoms with Crippen LogP contribution in [0, 0.1) is 0 Å². The summed E-state index contributed by atoms with van der Waals surface area (Å²) in [4.78, 5) is 12.3. The Hall–Kier alpha value is -1.16. The highest BCUT2D eigenvalue weighted by atomic mass is 32.2. The lowest BCUT2D eigenvalue weighted by Gasteiger charge is -2.21. The van der Waals surface area contributed by atoms with E-state index in [-0.39, 0.29) is 0 Å². The molecule has 3 nitrogen and oxygen atoms in total. The van der Waals surface area contributed by atoms with E-state index in [0.29, 0.717) is 23.9 Å². The number of hydrogen-bond acceptors (Lipinski definition) is 4. The monoisotopic (exact) mass is 266 g/mol. The predicted octanol–water partition coefficient (Wildman–Crippen LogP) is 3.31. The van der Waals surface area contributed by atoms with Crippen molar-refractivity contribution in [1.82, 2.24) is 0 Å². The van der Waals surface area contributed by atoms with E-state index < -0.39 is 0 Å². The molecule has 1 aromatic rings. The van der Waals surface area contributed by atoms with E-state index in [9.17, 15) is 4.79 Å². The van der Waals surface area contributed by atoms with Crippen molar-refractivity contribution in [3.8, 4) is 11.5 Å². The third-order valence-electron chi connectivity index (χ3n) is 3.15. The second kappa shape index (κ2) is 6.14. The maximum absolute atomic E-state index is 11.2. The van der Waals surface area contributed by atoms with Crippen molar-refractivity contribution in [1.29, 1.82) is 0 Å². The summed E-state index contributed by atoms with van der Waals surface area (Å²) in [6.45, 7) is 0. The highest BCUT2D eigenvalue weighted by Crippen LogP contribution is 2.39. The largest absolute Gasteiger partial charge is 0.497 e. The second-order valence-electron chi connectivity index (χ2n) is 4.37. The Bertz CT molecular complexity index is 421. The second-order valence-corrected chi connectivity index (χ2v) is 5.71. The van der Waals surface area contributed by atoms with Crippen LogP contribution >= 0.6 is 11.8 Å². The Morgan fingerprint density at radius 3 is 2.50 bits per heavy atom. The van der Waals surface area contributed by atoms with Crippen molar-refractivity contribution < 1.29 is 14.3 Å². The van der Waals surface area contributed by atoms with Crippen LogP contribution in [0.5, 0.6) is 11.5 Å². The minimum Gasteiger partial charge on any atom is -0.497 e. The molecule has 0 saturated heterocycles. The minimum absolute atomic E-state index is 0.393. The summed E-state index contributed by atoms with van der Waals surface area (Å²) < 4.78 is 10.6. The van der Waals surface area contributed by atoms with Gasteiger partial charge in [0.15, 0.2) is 0 Å². The van der Waals surface area contributed by atoms with Crippen LogP contribution in [-0.2, 0) is 4.79 Å². The van der Waals surface area contributed by atoms with E-state index in [1.54, 1.807) is 26.0 Å². The first-order chi connectivity index (χ1) is 8.72. The number of methoxy groups -OCH3 is 2. The van der Waals surface area contributed by atoms with Gasteiger partial charge in [0.1, 0.15) is 17.3 Å². The number of carbonyl (C=O) groups excluding carboxylic acids is 1. The molecule has 0 atom stereocenters. The number of carbonyl (C=O) groups is 1. The fourth-order valence-electron chi connectivity index (χ4n) is 2.09. The molecule has 0 spiro atoms. The highest BCUT2D eigenvalue weighted by molar-refractivity contribution is 8.00. The molecule has 2 rings (SSSR count). The Balaban J connectivity index is 2.09. The molecule has 0 heterocycles. The van der Waals surface area contributed by atoms with Crippen molar-refractivity contribution in [2.75, 3.05) is 14.2 Å². The van der Waals surface area contributed by atoms with Crippen molar-refractivity contribution in [3.63, 3.8) is 0 Å². The smallest absolute Gasteiger partial charge is 0.132 e. The van der Waals surface area contributed by atoms with Crippen LogP contribution in [0.3, 0.4) is 0 Å². The van der Waals surface area contributed by atoms with Gasteiger partial charge in [0.25, 0.3) is 0 Å². The summed E-state index contributed by atoms with van der Waals surface area (Å²) >= 11 is 1.79. The van der Waals surface area contributed by atoms with Gasteiger partial charge in [-0.15, -0.1) is 11.8 Å². The van der Waals surface area contributed by atoms with Gasteiger partial charge in [-0.3, -0.25) is 4.79 Å². The third kappa shape index (κ3) is 3.19. The summed E-state index contributed by atoms with van der Waals surface area (Å²) in [5.41, 5.74) is 0. The summed E-state index contributed by atoms with van der Waals surface area (Å²) in [7, 11) is 3.34. The number of hydrogen-bond donors (Lipinski definition) is 0. The van der Waals surface area contributed by atoms with Crippen LogP contribution in [0.15, 0.2) is 23.1 Å². The maximum atomic E-state index is 11.2. The number of thioether (sulfide) groups is 1. The Labute approximate surface area is 112 Å². The summed E-state index contributed by atoms with van der Waals surface area (Å²) in [6.07, 6.45) is 3.35. The zero-order chi connectivity index (χ0) is 13.0. The van der Waals surface area contributed by atoms with E-state index in [1.807, 2.05) is 18.2 Å². The van der Waals surface area contributed by atoms with Crippen LogP contribution in [0.4, 0.5) is 0 Å². The lowest BCUT2D eigenvalue weighted by atomic mass is 9.99. The SMILES string of the molecule is COc1ccc(OC)c(SC2CCC(=O)CC2)c1. The molecule has 98 valence electrons. The summed E-state index contributed by atoms with van der Waals surface area (Å²) in [5, 5.41) is 0.503. The third-order valence-corrected chi connectivity index (χ3v) is 4.53. The van der Waals surface area contributed by atoms with Crippen LogP contribution in [0.1, 0.15) is 25.7 Å². The Kier molecular flexibility index (Phi) is 4.53. The lowest BCUT2D eigenvalue weighted by Crippen LogP contribution is -2.15. The molecule has 1 aliphatic rings. The van der Waals surface area contributed by atoms with Crippen LogP contribution in [0.25, 0.3) is 0 Å². The van der Waals surface area contributed by atoms with Crippen molar-refractivity contribution in [3.05, 3.63) is 18.2 Å². The number of benzene rings is 1. The van der Waals surface area contributed by atoms with E-state index in [4.69, 9.17) is 9.47 Å². The van der Waals surface area contributed by atoms with E-state index in [0.717, 1.165) is 29.2 Å². The molecule has 1 saturated carbocycles. The van der Waals surface area contributed by atoms with Gasteiger partial charge in [0.05, 0.1) is 19.1 Å². The van der Waals surface area contributed by atoms with Gasteiger partial charge in [-0.25, -0.2) is 0 Å². The minimum atomic E-state index is 0.393. The first-order valence-corrected chi connectivity index (χ1v) is 7.01. The van der Waals surface area contributed by atoms with Crippen molar-refractivity contribution >= 4 is 17.5 Å². The molecule has 1 aromatic carbocycles. The summed E-state index contributed by atoms with van der Waals surface area (Å²) in [5.74, 6) is 2.10. The maximum Gasteiger partial charge on any atom is 0.132 e. The average Bonchev–Trinajstić information content (AvgIpc) is 2.41. The highest BCUT2D eigenvalue weighted by Gasteiger charge is 2.21. The van der Waals surface area contributed by atoms with E-state index in [1.165, 1.54) is 0 Å². The average molecular weight is 266 g/mol. The molecule has 0 aromatic heterocycles. The molecule has 4 heteroatoms. The van der Waals surface area contributed by atoms with Crippen molar-refractivity contribution in [2.45, 2.75) is 35.8 Å². The molecular weight excluding hydrogens is 248 g/mol. The molecule has 0 bridgehead atoms. The number of ketones is 1. The van der Waals surface area contributed by atoms with E-state index in [2.05, 4.69) is 0 Å². The van der Waals surface area contributed by atoms with Gasteiger partial charge in [-0.1, -0.05) is 0 Å². The molecule has 0 amide bonds. The van der Waals surface area contributed by atoms with Gasteiger partial charge in [-0.2, -0.15) is 0 Å². The topological polar surface area (TPSA) is 35.5 Å². The number of rotatable bonds is 4. The molecule has 1 aliphatic carbocycles. The lowest BCUT2D eigenvalue weighted by molar-refractivity contribution is -0.120.